The molecular formula is C27H29F7O4. The van der Waals surface area contributed by atoms with Crippen molar-refractivity contribution in [1.82, 2.24) is 0 Å². The van der Waals surface area contributed by atoms with Gasteiger partial charge in [-0.1, -0.05) is 19.8 Å². The van der Waals surface area contributed by atoms with Crippen molar-refractivity contribution in [3.05, 3.63) is 58.7 Å². The second-order valence-corrected chi connectivity index (χ2v) is 9.86. The van der Waals surface area contributed by atoms with Gasteiger partial charge in [0.25, 0.3) is 0 Å². The maximum Gasteiger partial charge on any atom is 0.432 e. The van der Waals surface area contributed by atoms with E-state index in [2.05, 4.69) is 11.7 Å². The summed E-state index contributed by atoms with van der Waals surface area (Å²) in [5, 5.41) is 0. The Balaban J connectivity index is 1.44. The SMILES string of the molecule is CC1CCC(C2COC(c3cc(F)c(C(F)(F)Oc4cc(F)c(OCCCF)c(F)c4)c(F)c3)OC2)CC1. The predicted octanol–water partition coefficient (Wildman–Crippen LogP) is 7.60. The molecule has 0 bridgehead atoms. The molecule has 1 saturated carbocycles. The Labute approximate surface area is 216 Å². The lowest BCUT2D eigenvalue weighted by atomic mass is 9.76. The van der Waals surface area contributed by atoms with E-state index in [1.165, 1.54) is 0 Å². The highest BCUT2D eigenvalue weighted by Gasteiger charge is 2.42. The van der Waals surface area contributed by atoms with Crippen molar-refractivity contribution in [3.8, 4) is 11.5 Å². The Morgan fingerprint density at radius 2 is 1.42 bits per heavy atom. The van der Waals surface area contributed by atoms with Gasteiger partial charge in [0.05, 0.1) is 26.5 Å². The van der Waals surface area contributed by atoms with Crippen molar-refractivity contribution in [2.75, 3.05) is 26.5 Å². The lowest BCUT2D eigenvalue weighted by Crippen LogP contribution is -2.34. The molecule has 0 unspecified atom stereocenters. The molecule has 4 nitrogen and oxygen atoms in total. The highest BCUT2D eigenvalue weighted by Crippen LogP contribution is 2.40. The van der Waals surface area contributed by atoms with Gasteiger partial charge in [0.2, 0.25) is 0 Å². The maximum absolute atomic E-state index is 14.8. The zero-order valence-corrected chi connectivity index (χ0v) is 20.8. The van der Waals surface area contributed by atoms with Gasteiger partial charge in [-0.3, -0.25) is 4.39 Å². The van der Waals surface area contributed by atoms with Gasteiger partial charge in [0.1, 0.15) is 22.9 Å². The van der Waals surface area contributed by atoms with Crippen molar-refractivity contribution >= 4 is 0 Å². The molecule has 0 amide bonds. The summed E-state index contributed by atoms with van der Waals surface area (Å²) in [7, 11) is 0. The van der Waals surface area contributed by atoms with Crippen LogP contribution in [-0.2, 0) is 15.6 Å². The summed E-state index contributed by atoms with van der Waals surface area (Å²) in [5.74, 6) is -6.79. The first-order valence-electron chi connectivity index (χ1n) is 12.6. The van der Waals surface area contributed by atoms with Gasteiger partial charge in [-0.05, 0) is 36.8 Å². The zero-order valence-electron chi connectivity index (χ0n) is 20.8. The number of rotatable bonds is 9. The van der Waals surface area contributed by atoms with Crippen molar-refractivity contribution < 1.29 is 49.7 Å². The molecule has 1 saturated heterocycles. The van der Waals surface area contributed by atoms with Crippen LogP contribution in [-0.4, -0.2) is 26.5 Å². The minimum absolute atomic E-state index is 0.123. The first-order chi connectivity index (χ1) is 18.1. The topological polar surface area (TPSA) is 36.9 Å². The number of benzene rings is 2. The average Bonchev–Trinajstić information content (AvgIpc) is 2.85. The van der Waals surface area contributed by atoms with Crippen LogP contribution in [0.1, 0.15) is 56.4 Å². The first kappa shape index (κ1) is 28.5. The van der Waals surface area contributed by atoms with Crippen molar-refractivity contribution in [1.29, 1.82) is 0 Å². The van der Waals surface area contributed by atoms with Crippen LogP contribution in [0.15, 0.2) is 24.3 Å². The molecule has 0 radical (unpaired) electrons. The second kappa shape index (κ2) is 12.1. The number of hydrogen-bond donors (Lipinski definition) is 0. The number of ether oxygens (including phenoxy) is 4. The molecule has 1 heterocycles. The molecule has 2 aromatic carbocycles. The Kier molecular flexibility index (Phi) is 9.07. The van der Waals surface area contributed by atoms with Crippen LogP contribution < -0.4 is 9.47 Å². The largest absolute Gasteiger partial charge is 0.488 e. The molecule has 1 aliphatic heterocycles. The molecule has 4 rings (SSSR count). The van der Waals surface area contributed by atoms with Crippen molar-refractivity contribution in [2.45, 2.75) is 51.4 Å². The standard InChI is InChI=1S/C27H29F7O4/c1-15-3-5-16(6-4-15)18-13-36-26(37-14-18)17-9-20(29)24(21(30)10-17)27(33,34)38-19-11-22(31)25(23(32)12-19)35-8-2-7-28/h9-12,15-16,18,26H,2-8,13-14H2,1H3. The lowest BCUT2D eigenvalue weighted by Gasteiger charge is -2.37. The summed E-state index contributed by atoms with van der Waals surface area (Å²) in [6.45, 7) is 1.71. The van der Waals surface area contributed by atoms with E-state index in [1.54, 1.807) is 0 Å². The predicted molar refractivity (Wildman–Crippen MR) is 123 cm³/mol. The van der Waals surface area contributed by atoms with Crippen LogP contribution in [0.25, 0.3) is 0 Å². The summed E-state index contributed by atoms with van der Waals surface area (Å²) < 4.78 is 120. The van der Waals surface area contributed by atoms with E-state index in [9.17, 15) is 30.7 Å². The molecule has 2 aliphatic rings. The van der Waals surface area contributed by atoms with E-state index in [0.29, 0.717) is 49.3 Å². The van der Waals surface area contributed by atoms with Crippen LogP contribution in [0.4, 0.5) is 30.7 Å². The molecule has 0 spiro atoms. The molecule has 0 aromatic heterocycles. The molecule has 210 valence electrons. The molecule has 2 aromatic rings. The number of alkyl halides is 3. The summed E-state index contributed by atoms with van der Waals surface area (Å²) in [6, 6.07) is 2.07. The van der Waals surface area contributed by atoms with E-state index < -0.39 is 59.4 Å². The lowest BCUT2D eigenvalue weighted by molar-refractivity contribution is -0.215. The summed E-state index contributed by atoms with van der Waals surface area (Å²) in [6.07, 6.45) is -1.54. The molecule has 1 aliphatic carbocycles. The van der Waals surface area contributed by atoms with Crippen molar-refractivity contribution in [3.63, 3.8) is 0 Å². The quantitative estimate of drug-likeness (QED) is 0.238. The highest BCUT2D eigenvalue weighted by atomic mass is 19.3. The van der Waals surface area contributed by atoms with Gasteiger partial charge in [0, 0.05) is 30.0 Å². The van der Waals surface area contributed by atoms with Gasteiger partial charge in [-0.15, -0.1) is 0 Å². The van der Waals surface area contributed by atoms with Gasteiger partial charge in [0.15, 0.2) is 23.7 Å². The Morgan fingerprint density at radius 3 is 1.97 bits per heavy atom. The number of hydrogen-bond acceptors (Lipinski definition) is 4. The third kappa shape index (κ3) is 6.54. The van der Waals surface area contributed by atoms with Gasteiger partial charge < -0.3 is 18.9 Å². The zero-order chi connectivity index (χ0) is 27.4. The normalized spacial score (nSPS) is 24.3. The van der Waals surface area contributed by atoms with Gasteiger partial charge >= 0.3 is 6.11 Å². The van der Waals surface area contributed by atoms with Crippen LogP contribution in [0.5, 0.6) is 11.5 Å². The molecular weight excluding hydrogens is 521 g/mol. The fourth-order valence-corrected chi connectivity index (χ4v) is 4.91. The van der Waals surface area contributed by atoms with E-state index in [4.69, 9.17) is 14.2 Å². The van der Waals surface area contributed by atoms with Gasteiger partial charge in [-0.25, -0.2) is 17.6 Å². The Bertz CT molecular complexity index is 1050. The Hall–Kier alpha value is -2.53. The molecule has 38 heavy (non-hydrogen) atoms. The fraction of sp³-hybridized carbons (Fsp3) is 0.556. The van der Waals surface area contributed by atoms with Gasteiger partial charge in [-0.2, -0.15) is 8.78 Å². The molecule has 0 atom stereocenters. The molecule has 2 fully saturated rings. The minimum Gasteiger partial charge on any atom is -0.488 e. The van der Waals surface area contributed by atoms with Crippen LogP contribution in [0.3, 0.4) is 0 Å². The summed E-state index contributed by atoms with van der Waals surface area (Å²) in [4.78, 5) is 0. The minimum atomic E-state index is -4.63. The van der Waals surface area contributed by atoms with E-state index in [0.717, 1.165) is 25.7 Å². The van der Waals surface area contributed by atoms with E-state index in [1.807, 2.05) is 0 Å². The summed E-state index contributed by atoms with van der Waals surface area (Å²) >= 11 is 0. The monoisotopic (exact) mass is 550 g/mol. The van der Waals surface area contributed by atoms with E-state index >= 15 is 0 Å². The first-order valence-corrected chi connectivity index (χ1v) is 12.6. The summed E-state index contributed by atoms with van der Waals surface area (Å²) in [5.41, 5.74) is -1.86. The molecule has 0 N–H and O–H groups in total. The van der Waals surface area contributed by atoms with Crippen LogP contribution >= 0.6 is 0 Å². The third-order valence-electron chi connectivity index (χ3n) is 7.02. The Morgan fingerprint density at radius 1 is 0.842 bits per heavy atom. The second-order valence-electron chi connectivity index (χ2n) is 9.86. The van der Waals surface area contributed by atoms with E-state index in [-0.39, 0.29) is 24.5 Å². The van der Waals surface area contributed by atoms with Crippen LogP contribution in [0.2, 0.25) is 0 Å². The average molecular weight is 551 g/mol. The fourth-order valence-electron chi connectivity index (χ4n) is 4.91. The third-order valence-corrected chi connectivity index (χ3v) is 7.02. The maximum atomic E-state index is 14.8. The highest BCUT2D eigenvalue weighted by molar-refractivity contribution is 5.36. The smallest absolute Gasteiger partial charge is 0.432 e. The molecule has 11 heteroatoms. The van der Waals surface area contributed by atoms with Crippen molar-refractivity contribution in [2.24, 2.45) is 17.8 Å². The van der Waals surface area contributed by atoms with Crippen LogP contribution in [0, 0.1) is 41.0 Å². The number of halogens is 7.